The number of nitrogens with zero attached hydrogens (tertiary/aromatic N) is 6. The van der Waals surface area contributed by atoms with Gasteiger partial charge in [-0.3, -0.25) is 0 Å². The van der Waals surface area contributed by atoms with E-state index in [9.17, 15) is 0 Å². The number of rotatable bonds is 6. The van der Waals surface area contributed by atoms with E-state index in [0.717, 1.165) is 133 Å². The van der Waals surface area contributed by atoms with E-state index in [1.165, 1.54) is 83.4 Å². The molecule has 0 radical (unpaired) electrons. The van der Waals surface area contributed by atoms with Crippen LogP contribution in [0.15, 0.2) is 356 Å². The summed E-state index contributed by atoms with van der Waals surface area (Å²) in [7, 11) is 0. The van der Waals surface area contributed by atoms with Gasteiger partial charge in [-0.1, -0.05) is 279 Å². The molecular weight excluding hydrogens is 1340 g/mol. The van der Waals surface area contributed by atoms with Gasteiger partial charge in [0.1, 0.15) is 11.2 Å². The van der Waals surface area contributed by atoms with Gasteiger partial charge in [-0.15, -0.1) is 22.7 Å². The first-order chi connectivity index (χ1) is 53.0. The van der Waals surface area contributed by atoms with Crippen LogP contribution in [0, 0.1) is 0 Å². The molecule has 0 N–H and O–H groups in total. The Morgan fingerprint density at radius 1 is 0.196 bits per heavy atom. The highest BCUT2D eigenvalue weighted by molar-refractivity contribution is 7.26. The molecule has 0 aliphatic heterocycles. The lowest BCUT2D eigenvalue weighted by Gasteiger charge is -2.12. The molecule has 0 spiro atoms. The van der Waals surface area contributed by atoms with E-state index in [1.54, 1.807) is 0 Å². The van der Waals surface area contributed by atoms with Crippen molar-refractivity contribution >= 4 is 172 Å². The molecule has 107 heavy (non-hydrogen) atoms. The third kappa shape index (κ3) is 10.8. The lowest BCUT2D eigenvalue weighted by Crippen LogP contribution is -1.96. The van der Waals surface area contributed by atoms with Crippen molar-refractivity contribution in [2.45, 2.75) is 0 Å². The van der Waals surface area contributed by atoms with Crippen molar-refractivity contribution in [3.63, 3.8) is 0 Å². The maximum absolute atomic E-state index is 6.11. The van der Waals surface area contributed by atoms with Gasteiger partial charge in [-0.2, -0.15) is 0 Å². The van der Waals surface area contributed by atoms with Gasteiger partial charge < -0.3 is 4.42 Å². The minimum absolute atomic E-state index is 0.722. The smallest absolute Gasteiger partial charge is 0.160 e. The zero-order valence-electron chi connectivity index (χ0n) is 57.4. The molecule has 0 amide bonds. The predicted molar refractivity (Wildman–Crippen MR) is 452 cm³/mol. The molecule has 0 aliphatic rings. The zero-order chi connectivity index (χ0) is 70.5. The number of furan rings is 1. The first kappa shape index (κ1) is 61.9. The Morgan fingerprint density at radius 3 is 1.20 bits per heavy atom. The largest absolute Gasteiger partial charge is 0.456 e. The second kappa shape index (κ2) is 25.6. The van der Waals surface area contributed by atoms with Crippen LogP contribution in [-0.4, -0.2) is 29.9 Å². The quantitative estimate of drug-likeness (QED) is 0.153. The van der Waals surface area contributed by atoms with Crippen LogP contribution in [-0.2, 0) is 0 Å². The summed E-state index contributed by atoms with van der Waals surface area (Å²) in [5, 5.41) is 22.7. The zero-order valence-corrected chi connectivity index (χ0v) is 59.0. The summed E-state index contributed by atoms with van der Waals surface area (Å²) in [4.78, 5) is 30.7. The predicted octanol–water partition coefficient (Wildman–Crippen LogP) is 27.3. The lowest BCUT2D eigenvalue weighted by molar-refractivity contribution is 0.669. The number of hydrogen-bond donors (Lipinski definition) is 0. The molecule has 6 heterocycles. The third-order valence-corrected chi connectivity index (χ3v) is 23.0. The molecule has 0 saturated heterocycles. The summed E-state index contributed by atoms with van der Waals surface area (Å²) in [6.07, 6.45) is 0. The maximum Gasteiger partial charge on any atom is 0.160 e. The fourth-order valence-corrected chi connectivity index (χ4v) is 18.0. The summed E-state index contributed by atoms with van der Waals surface area (Å²) in [6, 6.07) is 123. The first-order valence-electron chi connectivity index (χ1n) is 35.9. The average Bonchev–Trinajstić information content (AvgIpc) is 1.75. The second-order valence-electron chi connectivity index (χ2n) is 27.1. The molecule has 0 atom stereocenters. The molecule has 0 unspecified atom stereocenters. The summed E-state index contributed by atoms with van der Waals surface area (Å²) in [5.41, 5.74) is 13.9. The van der Waals surface area contributed by atoms with E-state index in [-0.39, 0.29) is 0 Å². The van der Waals surface area contributed by atoms with Crippen LogP contribution in [0.3, 0.4) is 0 Å². The van der Waals surface area contributed by atoms with Crippen LogP contribution in [0.1, 0.15) is 0 Å². The summed E-state index contributed by atoms with van der Waals surface area (Å²) >= 11 is 3.70. The monoisotopic (exact) mass is 1400 g/mol. The van der Waals surface area contributed by atoms with E-state index < -0.39 is 0 Å². The number of benzene rings is 17. The highest BCUT2D eigenvalue weighted by Gasteiger charge is 2.21. The van der Waals surface area contributed by atoms with Crippen molar-refractivity contribution in [3.05, 3.63) is 352 Å². The van der Waals surface area contributed by atoms with E-state index in [2.05, 4.69) is 297 Å². The van der Waals surface area contributed by atoms with Crippen LogP contribution in [0.25, 0.3) is 217 Å². The Kier molecular flexibility index (Phi) is 14.8. The average molecular weight is 1400 g/mol. The molecule has 498 valence electrons. The highest BCUT2D eigenvalue weighted by atomic mass is 32.1. The van der Waals surface area contributed by atoms with Gasteiger partial charge >= 0.3 is 0 Å². The molecule has 23 rings (SSSR count). The highest BCUT2D eigenvalue weighted by Crippen LogP contribution is 2.44. The molecule has 17 aromatic carbocycles. The van der Waals surface area contributed by atoms with Crippen molar-refractivity contribution < 1.29 is 4.42 Å². The Bertz CT molecular complexity index is 7520. The molecular formula is C98H58N6OS2. The summed E-state index contributed by atoms with van der Waals surface area (Å²) < 4.78 is 11.4. The Morgan fingerprint density at radius 2 is 0.598 bits per heavy atom. The summed E-state index contributed by atoms with van der Waals surface area (Å²) in [5.74, 6) is 2.22. The molecule has 23 aromatic rings. The SMILES string of the molecule is c1ccc(-c2nc(-c3ccc4ccc5oc6ccccc6c5c4c3)nc3ccccc23)cc1.c1ccc(-c2nc(-c3ccc4ccc5sc6ccccc6c5c4c3)nc3c2ccc2ccccc23)cc1.c1ccc(-c2nc(-c3ccc4ccc5sc6ccccc6c5c4c3)nc3ccc4ccccc4c23)cc1. The van der Waals surface area contributed by atoms with Crippen LogP contribution in [0.5, 0.6) is 0 Å². The minimum atomic E-state index is 0.722. The molecule has 9 heteroatoms. The van der Waals surface area contributed by atoms with Crippen molar-refractivity contribution in [1.29, 1.82) is 0 Å². The van der Waals surface area contributed by atoms with Crippen LogP contribution >= 0.6 is 22.7 Å². The number of fused-ring (bicyclic) bond motifs is 22. The van der Waals surface area contributed by atoms with E-state index >= 15 is 0 Å². The van der Waals surface area contributed by atoms with Gasteiger partial charge in [0.15, 0.2) is 17.5 Å². The molecule has 0 fully saturated rings. The van der Waals surface area contributed by atoms with E-state index in [1.807, 2.05) is 77.3 Å². The van der Waals surface area contributed by atoms with Gasteiger partial charge in [0.2, 0.25) is 0 Å². The number of thiophene rings is 2. The second-order valence-corrected chi connectivity index (χ2v) is 29.3. The maximum atomic E-state index is 6.11. The van der Waals surface area contributed by atoms with Gasteiger partial charge in [-0.05, 0) is 121 Å². The van der Waals surface area contributed by atoms with Crippen LogP contribution in [0.2, 0.25) is 0 Å². The Labute approximate surface area is 621 Å². The normalized spacial score (nSPS) is 11.7. The minimum Gasteiger partial charge on any atom is -0.456 e. The molecule has 0 saturated carbocycles. The third-order valence-electron chi connectivity index (χ3n) is 20.8. The number of hydrogen-bond acceptors (Lipinski definition) is 9. The van der Waals surface area contributed by atoms with Crippen LogP contribution in [0.4, 0.5) is 0 Å². The fourth-order valence-electron chi connectivity index (χ4n) is 15.7. The topological polar surface area (TPSA) is 90.5 Å². The summed E-state index contributed by atoms with van der Waals surface area (Å²) in [6.45, 7) is 0. The van der Waals surface area contributed by atoms with E-state index in [0.29, 0.717) is 0 Å². The van der Waals surface area contributed by atoms with Gasteiger partial charge in [0, 0.05) is 106 Å². The van der Waals surface area contributed by atoms with Crippen molar-refractivity contribution in [2.75, 3.05) is 0 Å². The Balaban J connectivity index is 0.000000103. The lowest BCUT2D eigenvalue weighted by atomic mass is 9.99. The van der Waals surface area contributed by atoms with Crippen LogP contribution < -0.4 is 0 Å². The van der Waals surface area contributed by atoms with Crippen molar-refractivity contribution in [2.24, 2.45) is 0 Å². The molecule has 0 bridgehead atoms. The fraction of sp³-hybridized carbons (Fsp3) is 0. The van der Waals surface area contributed by atoms with Gasteiger partial charge in [0.05, 0.1) is 33.6 Å². The standard InChI is InChI=1S/2C34H20N2S.C30H18N2O/c1-2-9-23(10-3-1)33-32-25-11-5-4-8-21(25)16-18-28(32)35-34(36-33)24-15-14-22-17-19-30-31(27(22)20-24)26-12-6-7-13-29(26)37-30;1-2-9-23(10-3-1)32-27-18-16-21-8-4-5-11-25(21)33(27)36-34(35-32)24-15-14-22-17-19-30-31(28(22)20-24)26-12-6-7-13-29(26)37-30;1-2-8-20(9-3-1)29-22-10-4-6-12-25(22)31-30(32-29)21-15-14-19-16-17-27-28(24(19)18-21)23-11-5-7-13-26(23)33-27/h2*1-20H;1-18H. The van der Waals surface area contributed by atoms with E-state index in [4.69, 9.17) is 34.3 Å². The molecule has 0 aliphatic carbocycles. The number of para-hydroxylation sites is 2. The molecule has 6 aromatic heterocycles. The van der Waals surface area contributed by atoms with Gasteiger partial charge in [-0.25, -0.2) is 29.9 Å². The number of aromatic nitrogens is 6. The first-order valence-corrected chi connectivity index (χ1v) is 37.5. The van der Waals surface area contributed by atoms with Gasteiger partial charge in [0.25, 0.3) is 0 Å². The Hall–Kier alpha value is -13.7. The molecule has 7 nitrogen and oxygen atoms in total. The van der Waals surface area contributed by atoms with Crippen molar-refractivity contribution in [1.82, 2.24) is 29.9 Å². The van der Waals surface area contributed by atoms with Crippen molar-refractivity contribution in [3.8, 4) is 67.9 Å².